The molecule has 0 aromatic heterocycles. The van der Waals surface area contributed by atoms with Crippen LogP contribution in [0.3, 0.4) is 0 Å². The third-order valence-corrected chi connectivity index (χ3v) is 6.94. The maximum atomic E-state index is 12.4. The van der Waals surface area contributed by atoms with E-state index in [0.717, 1.165) is 32.2 Å². The summed E-state index contributed by atoms with van der Waals surface area (Å²) in [6, 6.07) is 0.390. The van der Waals surface area contributed by atoms with Crippen molar-refractivity contribution in [2.75, 3.05) is 12.3 Å². The molecule has 0 bridgehead atoms. The minimum absolute atomic E-state index is 0.124. The van der Waals surface area contributed by atoms with Crippen LogP contribution in [0.4, 0.5) is 0 Å². The predicted octanol–water partition coefficient (Wildman–Crippen LogP) is 2.61. The van der Waals surface area contributed by atoms with E-state index in [1.807, 2.05) is 6.92 Å². The van der Waals surface area contributed by atoms with Crippen LogP contribution < -0.4 is 5.32 Å². The van der Waals surface area contributed by atoms with Crippen molar-refractivity contribution in [3.63, 3.8) is 0 Å². The van der Waals surface area contributed by atoms with Crippen molar-refractivity contribution in [1.29, 1.82) is 0 Å². The molecule has 1 N–H and O–H groups in total. The van der Waals surface area contributed by atoms with Gasteiger partial charge in [-0.05, 0) is 37.6 Å². The first-order chi connectivity index (χ1) is 8.42. The third-order valence-electron chi connectivity index (χ3n) is 4.31. The SMILES string of the molecule is CCCNC1CCC(S(=O)(=O)CC(C)CC)C1C. The first-order valence-electron chi connectivity index (χ1n) is 7.37. The van der Waals surface area contributed by atoms with Crippen molar-refractivity contribution >= 4 is 9.84 Å². The third kappa shape index (κ3) is 3.95. The summed E-state index contributed by atoms with van der Waals surface area (Å²) in [4.78, 5) is 0. The van der Waals surface area contributed by atoms with E-state index >= 15 is 0 Å². The van der Waals surface area contributed by atoms with Gasteiger partial charge in [-0.25, -0.2) is 8.42 Å². The molecule has 0 aromatic rings. The summed E-state index contributed by atoms with van der Waals surface area (Å²) in [5.41, 5.74) is 0. The molecule has 0 saturated heterocycles. The van der Waals surface area contributed by atoms with E-state index in [1.165, 1.54) is 0 Å². The second kappa shape index (κ2) is 6.90. The number of hydrogen-bond donors (Lipinski definition) is 1. The Morgan fingerprint density at radius 3 is 2.50 bits per heavy atom. The molecule has 4 atom stereocenters. The highest BCUT2D eigenvalue weighted by Gasteiger charge is 2.40. The second-order valence-electron chi connectivity index (χ2n) is 5.88. The Hall–Kier alpha value is -0.0900. The van der Waals surface area contributed by atoms with Crippen molar-refractivity contribution in [1.82, 2.24) is 5.32 Å². The van der Waals surface area contributed by atoms with Crippen LogP contribution >= 0.6 is 0 Å². The van der Waals surface area contributed by atoms with Gasteiger partial charge in [-0.1, -0.05) is 34.1 Å². The van der Waals surface area contributed by atoms with Gasteiger partial charge in [-0.15, -0.1) is 0 Å². The molecule has 1 saturated carbocycles. The van der Waals surface area contributed by atoms with Crippen molar-refractivity contribution < 1.29 is 8.42 Å². The Balaban J connectivity index is 2.62. The molecule has 1 fully saturated rings. The maximum Gasteiger partial charge on any atom is 0.153 e. The smallest absolute Gasteiger partial charge is 0.153 e. The van der Waals surface area contributed by atoms with E-state index in [2.05, 4.69) is 26.1 Å². The normalized spacial score (nSPS) is 30.6. The van der Waals surface area contributed by atoms with Gasteiger partial charge >= 0.3 is 0 Å². The van der Waals surface area contributed by atoms with Crippen LogP contribution in [-0.4, -0.2) is 32.0 Å². The molecule has 0 amide bonds. The fraction of sp³-hybridized carbons (Fsp3) is 1.00. The van der Waals surface area contributed by atoms with Gasteiger partial charge in [0.25, 0.3) is 0 Å². The number of sulfone groups is 1. The number of hydrogen-bond acceptors (Lipinski definition) is 3. The van der Waals surface area contributed by atoms with Gasteiger partial charge in [0, 0.05) is 6.04 Å². The lowest BCUT2D eigenvalue weighted by atomic mass is 10.1. The Morgan fingerprint density at radius 2 is 1.94 bits per heavy atom. The topological polar surface area (TPSA) is 46.2 Å². The summed E-state index contributed by atoms with van der Waals surface area (Å²) in [6.45, 7) is 9.32. The minimum Gasteiger partial charge on any atom is -0.314 e. The molecule has 0 radical (unpaired) electrons. The fourth-order valence-corrected chi connectivity index (χ4v) is 5.51. The Morgan fingerprint density at radius 1 is 1.28 bits per heavy atom. The first kappa shape index (κ1) is 16.0. The average Bonchev–Trinajstić information content (AvgIpc) is 2.68. The van der Waals surface area contributed by atoms with Crippen LogP contribution in [0.15, 0.2) is 0 Å². The highest BCUT2D eigenvalue weighted by Crippen LogP contribution is 2.32. The van der Waals surface area contributed by atoms with Crippen LogP contribution in [0.25, 0.3) is 0 Å². The van der Waals surface area contributed by atoms with Crippen LogP contribution in [0.2, 0.25) is 0 Å². The summed E-state index contributed by atoms with van der Waals surface area (Å²) in [6.07, 6.45) is 3.89. The number of rotatable bonds is 7. The van der Waals surface area contributed by atoms with Crippen LogP contribution in [-0.2, 0) is 9.84 Å². The lowest BCUT2D eigenvalue weighted by Crippen LogP contribution is -2.38. The summed E-state index contributed by atoms with van der Waals surface area (Å²) in [5, 5.41) is 3.36. The van der Waals surface area contributed by atoms with Gasteiger partial charge in [-0.3, -0.25) is 0 Å². The van der Waals surface area contributed by atoms with E-state index in [-0.39, 0.29) is 17.1 Å². The Labute approximate surface area is 113 Å². The van der Waals surface area contributed by atoms with E-state index in [4.69, 9.17) is 0 Å². The summed E-state index contributed by atoms with van der Waals surface area (Å²) in [5.74, 6) is 0.898. The molecule has 18 heavy (non-hydrogen) atoms. The largest absolute Gasteiger partial charge is 0.314 e. The van der Waals surface area contributed by atoms with E-state index in [1.54, 1.807) is 0 Å². The molecular weight excluding hydrogens is 246 g/mol. The van der Waals surface area contributed by atoms with Gasteiger partial charge in [0.15, 0.2) is 9.84 Å². The molecule has 0 heterocycles. The van der Waals surface area contributed by atoms with Gasteiger partial charge < -0.3 is 5.32 Å². The fourth-order valence-electron chi connectivity index (χ4n) is 2.89. The minimum atomic E-state index is -2.92. The van der Waals surface area contributed by atoms with Gasteiger partial charge in [0.2, 0.25) is 0 Å². The standard InChI is InChI=1S/C14H29NO2S/c1-5-9-15-13-7-8-14(12(13)4)18(16,17)10-11(3)6-2/h11-15H,5-10H2,1-4H3. The molecule has 1 aliphatic carbocycles. The molecule has 4 unspecified atom stereocenters. The Kier molecular flexibility index (Phi) is 6.12. The molecule has 0 aromatic carbocycles. The molecule has 3 nitrogen and oxygen atoms in total. The highest BCUT2D eigenvalue weighted by molar-refractivity contribution is 7.92. The summed E-state index contributed by atoms with van der Waals surface area (Å²) < 4.78 is 24.8. The predicted molar refractivity (Wildman–Crippen MR) is 77.5 cm³/mol. The van der Waals surface area contributed by atoms with Crippen LogP contribution in [0.1, 0.15) is 53.4 Å². The molecule has 4 heteroatoms. The zero-order chi connectivity index (χ0) is 13.8. The van der Waals surface area contributed by atoms with Crippen LogP contribution in [0.5, 0.6) is 0 Å². The van der Waals surface area contributed by atoms with E-state index in [0.29, 0.717) is 11.8 Å². The zero-order valence-electron chi connectivity index (χ0n) is 12.3. The van der Waals surface area contributed by atoms with Crippen molar-refractivity contribution in [2.24, 2.45) is 11.8 Å². The lowest BCUT2D eigenvalue weighted by molar-refractivity contribution is 0.423. The van der Waals surface area contributed by atoms with E-state index in [9.17, 15) is 8.42 Å². The van der Waals surface area contributed by atoms with Gasteiger partial charge in [0.1, 0.15) is 0 Å². The summed E-state index contributed by atoms with van der Waals surface area (Å²) >= 11 is 0. The van der Waals surface area contributed by atoms with Gasteiger partial charge in [-0.2, -0.15) is 0 Å². The summed E-state index contributed by atoms with van der Waals surface area (Å²) in [7, 11) is -2.92. The zero-order valence-corrected chi connectivity index (χ0v) is 13.1. The molecule has 1 rings (SSSR count). The average molecular weight is 275 g/mol. The van der Waals surface area contributed by atoms with Crippen molar-refractivity contribution in [3.8, 4) is 0 Å². The van der Waals surface area contributed by atoms with Crippen molar-refractivity contribution in [3.05, 3.63) is 0 Å². The lowest BCUT2D eigenvalue weighted by Gasteiger charge is -2.23. The van der Waals surface area contributed by atoms with Crippen molar-refractivity contribution in [2.45, 2.75) is 64.7 Å². The first-order valence-corrected chi connectivity index (χ1v) is 9.08. The molecule has 0 spiro atoms. The molecule has 108 valence electrons. The monoisotopic (exact) mass is 275 g/mol. The molecular formula is C14H29NO2S. The highest BCUT2D eigenvalue weighted by atomic mass is 32.2. The van der Waals surface area contributed by atoms with Gasteiger partial charge in [0.05, 0.1) is 11.0 Å². The molecule has 0 aliphatic heterocycles. The number of nitrogens with one attached hydrogen (secondary N) is 1. The Bertz CT molecular complexity index is 340. The van der Waals surface area contributed by atoms with E-state index < -0.39 is 9.84 Å². The molecule has 1 aliphatic rings. The maximum absolute atomic E-state index is 12.4. The quantitative estimate of drug-likeness (QED) is 0.777. The second-order valence-corrected chi connectivity index (χ2v) is 8.14. The van der Waals surface area contributed by atoms with Crippen LogP contribution in [0, 0.1) is 11.8 Å².